The third-order valence-corrected chi connectivity index (χ3v) is 9.84. The zero-order valence-corrected chi connectivity index (χ0v) is 30.7. The smallest absolute Gasteiger partial charge is 0.148 e. The third-order valence-electron chi connectivity index (χ3n) is 9.84. The molecule has 0 saturated heterocycles. The van der Waals surface area contributed by atoms with E-state index in [0.29, 0.717) is 4.48 Å². The van der Waals surface area contributed by atoms with Crippen molar-refractivity contribution in [1.29, 1.82) is 0 Å². The Morgan fingerprint density at radius 3 is 1.02 bits per heavy atom. The molecule has 0 aliphatic carbocycles. The topological polar surface area (TPSA) is 91.2 Å². The van der Waals surface area contributed by atoms with E-state index >= 15 is 0 Å². The van der Waals surface area contributed by atoms with Crippen LogP contribution < -0.4 is 23.8 Å². The van der Waals surface area contributed by atoms with E-state index in [1.807, 2.05) is 78.9 Å². The van der Waals surface area contributed by atoms with Gasteiger partial charge in [0.05, 0.1) is 21.3 Å². The van der Waals surface area contributed by atoms with Crippen molar-refractivity contribution in [2.75, 3.05) is 21.3 Å². The Labute approximate surface area is 316 Å². The molecule has 0 atom stereocenters. The molecule has 0 aromatic heterocycles. The fraction of sp³-hybridized carbons (Fsp3) is 0.106. The Bertz CT molecular complexity index is 1990. The van der Waals surface area contributed by atoms with Crippen LogP contribution in [0.1, 0.15) is 23.6 Å². The van der Waals surface area contributed by atoms with Crippen LogP contribution in [0.25, 0.3) is 0 Å². The summed E-state index contributed by atoms with van der Waals surface area (Å²) in [5.41, 5.74) is 6.80. The first-order chi connectivity index (χ1) is 26.2. The molecule has 7 aromatic carbocycles. The fourth-order valence-corrected chi connectivity index (χ4v) is 6.84. The lowest BCUT2D eigenvalue weighted by Gasteiger charge is -2.37. The number of quaternary nitrogens is 1. The van der Waals surface area contributed by atoms with Crippen LogP contribution in [0.2, 0.25) is 0 Å². The van der Waals surface area contributed by atoms with Gasteiger partial charge in [-0.1, -0.05) is 66.7 Å². The summed E-state index contributed by atoms with van der Waals surface area (Å²) in [5, 5.41) is 30.6. The molecule has 0 amide bonds. The Morgan fingerprint density at radius 2 is 0.704 bits per heavy atom. The molecule has 0 aliphatic rings. The van der Waals surface area contributed by atoms with Crippen molar-refractivity contribution in [3.05, 3.63) is 193 Å². The minimum absolute atomic E-state index is 0.0347. The van der Waals surface area contributed by atoms with Crippen molar-refractivity contribution in [2.24, 2.45) is 0 Å². The Balaban J connectivity index is 0.000000193. The molecular formula is C47H43NO6. The highest BCUT2D eigenvalue weighted by atomic mass is 16.5. The van der Waals surface area contributed by atoms with Crippen molar-refractivity contribution in [2.45, 2.75) is 12.3 Å². The predicted molar refractivity (Wildman–Crippen MR) is 214 cm³/mol. The third kappa shape index (κ3) is 7.44. The summed E-state index contributed by atoms with van der Waals surface area (Å²) < 4.78 is 16.7. The Morgan fingerprint density at radius 1 is 0.407 bits per heavy atom. The average molecular weight is 718 g/mol. The van der Waals surface area contributed by atoms with Gasteiger partial charge in [0.2, 0.25) is 0 Å². The maximum Gasteiger partial charge on any atom is 0.148 e. The number of phenolic OH excluding ortho intramolecular Hbond substituents is 2. The average Bonchev–Trinajstić information content (AvgIpc) is 3.23. The van der Waals surface area contributed by atoms with E-state index < -0.39 is 5.41 Å². The van der Waals surface area contributed by atoms with Crippen molar-refractivity contribution < 1.29 is 29.5 Å². The molecule has 0 heterocycles. The van der Waals surface area contributed by atoms with Gasteiger partial charge in [-0.15, -0.1) is 5.75 Å². The SMILES string of the molecule is CC(c1ccc([O-])cc1)(c1ccc(O)cc1)c1ccc(O)cc1.COc1ccc([N+](c2ccccc2)(c2ccc(OC)cc2)c2ccc(OC)cc2)cc1. The minimum Gasteiger partial charge on any atom is -0.872 e. The fourth-order valence-electron chi connectivity index (χ4n) is 6.84. The predicted octanol–water partition coefficient (Wildman–Crippen LogP) is 10.5. The summed E-state index contributed by atoms with van der Waals surface area (Å²) in [6.07, 6.45) is 0. The molecule has 272 valence electrons. The normalized spacial score (nSPS) is 11.2. The lowest BCUT2D eigenvalue weighted by atomic mass is 9.71. The summed E-state index contributed by atoms with van der Waals surface area (Å²) in [5.74, 6) is 2.83. The van der Waals surface area contributed by atoms with Gasteiger partial charge in [0.25, 0.3) is 0 Å². The first-order valence-corrected chi connectivity index (χ1v) is 17.5. The van der Waals surface area contributed by atoms with Crippen LogP contribution in [0.15, 0.2) is 176 Å². The van der Waals surface area contributed by atoms with Crippen LogP contribution in [-0.4, -0.2) is 31.5 Å². The highest BCUT2D eigenvalue weighted by Crippen LogP contribution is 2.52. The van der Waals surface area contributed by atoms with Gasteiger partial charge in [-0.25, -0.2) is 0 Å². The van der Waals surface area contributed by atoms with Crippen molar-refractivity contribution >= 4 is 22.7 Å². The molecule has 0 bridgehead atoms. The second kappa shape index (κ2) is 16.3. The quantitative estimate of drug-likeness (QED) is 0.108. The number of hydrogen-bond acceptors (Lipinski definition) is 6. The summed E-state index contributed by atoms with van der Waals surface area (Å²) in [4.78, 5) is 0. The molecule has 7 heteroatoms. The van der Waals surface area contributed by atoms with E-state index in [1.54, 1.807) is 57.7 Å². The molecule has 7 nitrogen and oxygen atoms in total. The van der Waals surface area contributed by atoms with Gasteiger partial charge in [-0.2, -0.15) is 4.48 Å². The van der Waals surface area contributed by atoms with Gasteiger partial charge in [-0.05, 0) is 84.3 Å². The second-order valence-corrected chi connectivity index (χ2v) is 12.8. The molecule has 0 aliphatic heterocycles. The number of ether oxygens (including phenoxy) is 3. The van der Waals surface area contributed by atoms with Crippen LogP contribution in [0, 0.1) is 0 Å². The Kier molecular flexibility index (Phi) is 11.2. The molecule has 0 saturated carbocycles. The largest absolute Gasteiger partial charge is 0.872 e. The molecule has 0 fully saturated rings. The van der Waals surface area contributed by atoms with Crippen LogP contribution in [0.4, 0.5) is 22.7 Å². The van der Waals surface area contributed by atoms with E-state index in [9.17, 15) is 15.3 Å². The van der Waals surface area contributed by atoms with Gasteiger partial charge in [-0.3, -0.25) is 0 Å². The van der Waals surface area contributed by atoms with Crippen molar-refractivity contribution in [3.8, 4) is 34.5 Å². The van der Waals surface area contributed by atoms with Crippen molar-refractivity contribution in [3.63, 3.8) is 0 Å². The number of rotatable bonds is 10. The number of hydrogen-bond donors (Lipinski definition) is 2. The molecule has 2 N–H and O–H groups in total. The second-order valence-electron chi connectivity index (χ2n) is 12.8. The van der Waals surface area contributed by atoms with Crippen LogP contribution in [0.3, 0.4) is 0 Å². The van der Waals surface area contributed by atoms with Gasteiger partial charge < -0.3 is 29.5 Å². The number of aromatic hydroxyl groups is 2. The van der Waals surface area contributed by atoms with E-state index in [-0.39, 0.29) is 17.2 Å². The number of methoxy groups -OCH3 is 3. The van der Waals surface area contributed by atoms with Gasteiger partial charge in [0.15, 0.2) is 0 Å². The summed E-state index contributed by atoms with van der Waals surface area (Å²) in [7, 11) is 5.05. The molecule has 0 radical (unpaired) electrons. The maximum atomic E-state index is 11.4. The molecule has 7 aromatic rings. The maximum absolute atomic E-state index is 11.4. The van der Waals surface area contributed by atoms with Crippen LogP contribution in [-0.2, 0) is 5.41 Å². The van der Waals surface area contributed by atoms with E-state index in [1.165, 1.54) is 0 Å². The van der Waals surface area contributed by atoms with Gasteiger partial charge in [0.1, 0.15) is 51.5 Å². The van der Waals surface area contributed by atoms with E-state index in [0.717, 1.165) is 56.7 Å². The summed E-state index contributed by atoms with van der Waals surface area (Å²) in [6.45, 7) is 2.06. The van der Waals surface area contributed by atoms with Gasteiger partial charge >= 0.3 is 0 Å². The molecule has 0 unspecified atom stereocenters. The van der Waals surface area contributed by atoms with E-state index in [4.69, 9.17) is 14.2 Å². The zero-order chi connectivity index (χ0) is 38.1. The first kappa shape index (κ1) is 37.1. The van der Waals surface area contributed by atoms with Gasteiger partial charge in [0, 0.05) is 53.9 Å². The molecule has 7 rings (SSSR count). The highest BCUT2D eigenvalue weighted by Gasteiger charge is 2.39. The molecule has 0 spiro atoms. The minimum atomic E-state index is -0.505. The monoisotopic (exact) mass is 717 g/mol. The van der Waals surface area contributed by atoms with Crippen LogP contribution in [0.5, 0.6) is 34.5 Å². The summed E-state index contributed by atoms with van der Waals surface area (Å²) in [6, 6.07) is 55.9. The standard InChI is InChI=1S/C27H26NO3.C20H18O3/c1-29-25-15-9-22(10-16-25)28(21-7-5-4-6-8-21,23-11-17-26(30-2)18-12-23)24-13-19-27(31-3)20-14-24;1-20(14-2-8-17(21)9-3-14,15-4-10-18(22)11-5-15)16-6-12-19(23)13-7-16/h4-20H,1-3H3;2-13,21-23H,1H3/q+1;/p-1. The van der Waals surface area contributed by atoms with Crippen LogP contribution >= 0.6 is 0 Å². The number of benzene rings is 7. The first-order valence-electron chi connectivity index (χ1n) is 17.5. The Hall–Kier alpha value is -6.70. The number of para-hydroxylation sites is 1. The molecular weight excluding hydrogens is 675 g/mol. The number of nitrogens with zero attached hydrogens (tertiary/aromatic N) is 1. The molecule has 54 heavy (non-hydrogen) atoms. The zero-order valence-electron chi connectivity index (χ0n) is 30.7. The van der Waals surface area contributed by atoms with E-state index in [2.05, 4.69) is 67.6 Å². The lowest BCUT2D eigenvalue weighted by molar-refractivity contribution is -0.268. The number of phenols is 2. The lowest BCUT2D eigenvalue weighted by Crippen LogP contribution is -2.33. The highest BCUT2D eigenvalue weighted by molar-refractivity contribution is 5.82. The van der Waals surface area contributed by atoms with Crippen molar-refractivity contribution in [1.82, 2.24) is 4.48 Å². The summed E-state index contributed by atoms with van der Waals surface area (Å²) >= 11 is 0.